The second kappa shape index (κ2) is 9.28. The average molecular weight is 382 g/mol. The lowest BCUT2D eigenvalue weighted by molar-refractivity contribution is -0.119. The van der Waals surface area contributed by atoms with Crippen molar-refractivity contribution < 1.29 is 19.0 Å². The van der Waals surface area contributed by atoms with Gasteiger partial charge in [0.15, 0.2) is 11.5 Å². The molecule has 0 spiro atoms. The summed E-state index contributed by atoms with van der Waals surface area (Å²) >= 11 is 0. The van der Waals surface area contributed by atoms with Crippen LogP contribution in [0.4, 0.5) is 11.4 Å². The van der Waals surface area contributed by atoms with E-state index in [1.807, 2.05) is 30.3 Å². The summed E-state index contributed by atoms with van der Waals surface area (Å²) in [4.78, 5) is 13.8. The van der Waals surface area contributed by atoms with Gasteiger partial charge in [-0.3, -0.25) is 9.69 Å². The molecule has 2 aromatic carbocycles. The van der Waals surface area contributed by atoms with E-state index in [1.165, 1.54) is 0 Å². The molecule has 0 bridgehead atoms. The maximum absolute atomic E-state index is 12.1. The summed E-state index contributed by atoms with van der Waals surface area (Å²) in [6.45, 7) is 5.02. The van der Waals surface area contributed by atoms with Gasteiger partial charge in [0, 0.05) is 31.5 Å². The van der Waals surface area contributed by atoms with Gasteiger partial charge in [0.1, 0.15) is 13.3 Å². The van der Waals surface area contributed by atoms with Crippen LogP contribution < -0.4 is 19.7 Å². The van der Waals surface area contributed by atoms with E-state index in [0.29, 0.717) is 31.1 Å². The topological polar surface area (TPSA) is 60.0 Å². The highest BCUT2D eigenvalue weighted by Crippen LogP contribution is 2.31. The van der Waals surface area contributed by atoms with Crippen LogP contribution in [-0.4, -0.2) is 33.5 Å². The Balaban J connectivity index is 1.70. The quantitative estimate of drug-likeness (QED) is 0.669. The zero-order chi connectivity index (χ0) is 19.9. The predicted molar refractivity (Wildman–Crippen MR) is 110 cm³/mol. The van der Waals surface area contributed by atoms with Gasteiger partial charge in [0.2, 0.25) is 5.91 Å². The molecule has 28 heavy (non-hydrogen) atoms. The van der Waals surface area contributed by atoms with E-state index in [0.717, 1.165) is 28.9 Å². The third-order valence-corrected chi connectivity index (χ3v) is 4.62. The second-order valence-electron chi connectivity index (χ2n) is 6.52. The van der Waals surface area contributed by atoms with E-state index in [1.54, 1.807) is 25.2 Å². The van der Waals surface area contributed by atoms with Crippen LogP contribution in [0.1, 0.15) is 17.5 Å². The van der Waals surface area contributed by atoms with Gasteiger partial charge in [0.05, 0.1) is 7.11 Å². The Morgan fingerprint density at radius 3 is 2.75 bits per heavy atom. The second-order valence-corrected chi connectivity index (χ2v) is 6.52. The lowest BCUT2D eigenvalue weighted by Gasteiger charge is -2.29. The monoisotopic (exact) mass is 382 g/mol. The van der Waals surface area contributed by atoms with Crippen LogP contribution in [0.5, 0.6) is 11.5 Å². The molecule has 1 N–H and O–H groups in total. The highest BCUT2D eigenvalue weighted by atomic mass is 16.5. The molecule has 1 aliphatic rings. The minimum Gasteiger partial charge on any atom is -0.493 e. The van der Waals surface area contributed by atoms with Gasteiger partial charge >= 0.3 is 0 Å². The highest BCUT2D eigenvalue weighted by molar-refractivity contribution is 5.96. The Morgan fingerprint density at radius 1 is 1.14 bits per heavy atom. The van der Waals surface area contributed by atoms with Crippen LogP contribution in [0.15, 0.2) is 49.1 Å². The molecule has 1 heterocycles. The lowest BCUT2D eigenvalue weighted by atomic mass is 10.0. The molecule has 0 radical (unpaired) electrons. The summed E-state index contributed by atoms with van der Waals surface area (Å²) in [6.07, 6.45) is 2.95. The first-order chi connectivity index (χ1) is 13.7. The summed E-state index contributed by atoms with van der Waals surface area (Å²) in [5.74, 6) is 1.49. The SMILES string of the molecule is C=CCOc1ccc(CNc2ccc3c(c2)CCC(=O)N3COC)cc1OC. The lowest BCUT2D eigenvalue weighted by Crippen LogP contribution is -2.36. The minimum absolute atomic E-state index is 0.0981. The maximum atomic E-state index is 12.1. The molecule has 0 fully saturated rings. The third kappa shape index (κ3) is 4.46. The fraction of sp³-hybridized carbons (Fsp3) is 0.318. The first kappa shape index (κ1) is 19.8. The van der Waals surface area contributed by atoms with E-state index in [-0.39, 0.29) is 12.6 Å². The number of nitrogens with one attached hydrogen (secondary N) is 1. The van der Waals surface area contributed by atoms with E-state index in [2.05, 4.69) is 18.0 Å². The molecule has 0 aromatic heterocycles. The molecule has 3 rings (SSSR count). The largest absolute Gasteiger partial charge is 0.493 e. The van der Waals surface area contributed by atoms with E-state index in [4.69, 9.17) is 14.2 Å². The number of rotatable bonds is 9. The molecule has 0 saturated carbocycles. The van der Waals surface area contributed by atoms with Crippen molar-refractivity contribution in [2.45, 2.75) is 19.4 Å². The van der Waals surface area contributed by atoms with Crippen molar-refractivity contribution in [3.05, 3.63) is 60.2 Å². The number of anilines is 2. The van der Waals surface area contributed by atoms with Crippen molar-refractivity contribution in [3.63, 3.8) is 0 Å². The molecule has 1 amide bonds. The van der Waals surface area contributed by atoms with Crippen molar-refractivity contribution in [1.82, 2.24) is 0 Å². The fourth-order valence-electron chi connectivity index (χ4n) is 3.23. The Kier molecular flexibility index (Phi) is 6.55. The molecule has 0 saturated heterocycles. The van der Waals surface area contributed by atoms with Gasteiger partial charge in [-0.1, -0.05) is 18.7 Å². The van der Waals surface area contributed by atoms with Crippen LogP contribution in [0.2, 0.25) is 0 Å². The van der Waals surface area contributed by atoms with Crippen LogP contribution in [-0.2, 0) is 22.5 Å². The summed E-state index contributed by atoms with van der Waals surface area (Å²) in [7, 11) is 3.23. The van der Waals surface area contributed by atoms with Gasteiger partial charge in [-0.2, -0.15) is 0 Å². The van der Waals surface area contributed by atoms with Crippen LogP contribution in [0.25, 0.3) is 0 Å². The highest BCUT2D eigenvalue weighted by Gasteiger charge is 2.23. The number of methoxy groups -OCH3 is 2. The number of carbonyl (C=O) groups excluding carboxylic acids is 1. The Bertz CT molecular complexity index is 850. The maximum Gasteiger partial charge on any atom is 0.229 e. The molecule has 148 valence electrons. The summed E-state index contributed by atoms with van der Waals surface area (Å²) in [6, 6.07) is 11.9. The van der Waals surface area contributed by atoms with Crippen molar-refractivity contribution >= 4 is 17.3 Å². The number of aryl methyl sites for hydroxylation is 1. The van der Waals surface area contributed by atoms with E-state index >= 15 is 0 Å². The zero-order valence-electron chi connectivity index (χ0n) is 16.4. The zero-order valence-corrected chi connectivity index (χ0v) is 16.4. The number of carbonyl (C=O) groups is 1. The number of fused-ring (bicyclic) bond motifs is 1. The first-order valence-electron chi connectivity index (χ1n) is 9.23. The molecule has 1 aliphatic heterocycles. The van der Waals surface area contributed by atoms with Crippen molar-refractivity contribution in [2.75, 3.05) is 37.8 Å². The van der Waals surface area contributed by atoms with Gasteiger partial charge in [-0.25, -0.2) is 0 Å². The summed E-state index contributed by atoms with van der Waals surface area (Å²) in [5.41, 5.74) is 4.16. The number of nitrogens with zero attached hydrogens (tertiary/aromatic N) is 1. The van der Waals surface area contributed by atoms with Gasteiger partial charge < -0.3 is 19.5 Å². The number of hydrogen-bond acceptors (Lipinski definition) is 5. The number of ether oxygens (including phenoxy) is 3. The smallest absolute Gasteiger partial charge is 0.229 e. The van der Waals surface area contributed by atoms with Crippen molar-refractivity contribution in [1.29, 1.82) is 0 Å². The van der Waals surface area contributed by atoms with Crippen LogP contribution >= 0.6 is 0 Å². The van der Waals surface area contributed by atoms with E-state index in [9.17, 15) is 4.79 Å². The van der Waals surface area contributed by atoms with Gasteiger partial charge in [-0.05, 0) is 47.9 Å². The van der Waals surface area contributed by atoms with Gasteiger partial charge in [-0.15, -0.1) is 0 Å². The van der Waals surface area contributed by atoms with E-state index < -0.39 is 0 Å². The number of amides is 1. The minimum atomic E-state index is 0.0981. The summed E-state index contributed by atoms with van der Waals surface area (Å²) < 4.78 is 16.2. The standard InChI is InChI=1S/C22H26N2O4/c1-4-11-28-20-9-5-16(12-21(20)27-3)14-23-18-7-8-19-17(13-18)6-10-22(25)24(19)15-26-2/h4-5,7-9,12-13,23H,1,6,10-11,14-15H2,2-3H3. The molecular formula is C22H26N2O4. The Labute approximate surface area is 165 Å². The van der Waals surface area contributed by atoms with Crippen molar-refractivity contribution in [2.24, 2.45) is 0 Å². The number of hydrogen-bond donors (Lipinski definition) is 1. The van der Waals surface area contributed by atoms with Crippen LogP contribution in [0, 0.1) is 0 Å². The molecule has 0 aliphatic carbocycles. The molecule has 0 atom stereocenters. The predicted octanol–water partition coefficient (Wildman–Crippen LogP) is 3.76. The third-order valence-electron chi connectivity index (χ3n) is 4.62. The molecule has 0 unspecified atom stereocenters. The molecule has 6 nitrogen and oxygen atoms in total. The first-order valence-corrected chi connectivity index (χ1v) is 9.23. The Hall–Kier alpha value is -2.99. The van der Waals surface area contributed by atoms with Crippen LogP contribution in [0.3, 0.4) is 0 Å². The Morgan fingerprint density at radius 2 is 2.00 bits per heavy atom. The summed E-state index contributed by atoms with van der Waals surface area (Å²) in [5, 5.41) is 3.44. The fourth-order valence-corrected chi connectivity index (χ4v) is 3.23. The normalized spacial score (nSPS) is 13.1. The molecular weight excluding hydrogens is 356 g/mol. The van der Waals surface area contributed by atoms with Crippen molar-refractivity contribution in [3.8, 4) is 11.5 Å². The molecule has 2 aromatic rings. The molecule has 6 heteroatoms. The average Bonchev–Trinajstić information content (AvgIpc) is 2.73. The number of benzene rings is 2. The van der Waals surface area contributed by atoms with Gasteiger partial charge in [0.25, 0.3) is 0 Å².